The molecule has 0 saturated carbocycles. The summed E-state index contributed by atoms with van der Waals surface area (Å²) in [5.41, 5.74) is 6.75. The fourth-order valence-corrected chi connectivity index (χ4v) is 4.08. The summed E-state index contributed by atoms with van der Waals surface area (Å²) in [6.07, 6.45) is 0.661. The van der Waals surface area contributed by atoms with Crippen molar-refractivity contribution in [2.75, 3.05) is 29.5 Å². The molecule has 0 radical (unpaired) electrons. The number of anilines is 2. The highest BCUT2D eigenvalue weighted by atomic mass is 35.5. The number of nitrogens with zero attached hydrogens (tertiary/aromatic N) is 3. The van der Waals surface area contributed by atoms with Crippen LogP contribution in [0.5, 0.6) is 0 Å². The number of cyclic esters (lactones) is 1. The van der Waals surface area contributed by atoms with Gasteiger partial charge in [0, 0.05) is 29.5 Å². The molecule has 1 atom stereocenters. The number of hydrogen-bond acceptors (Lipinski definition) is 6. The van der Waals surface area contributed by atoms with E-state index in [1.54, 1.807) is 53.4 Å². The van der Waals surface area contributed by atoms with Crippen LogP contribution in [0.25, 0.3) is 0 Å². The van der Waals surface area contributed by atoms with E-state index < -0.39 is 23.8 Å². The molecule has 2 aliphatic rings. The number of benzene rings is 2. The zero-order valence-electron chi connectivity index (χ0n) is 17.7. The van der Waals surface area contributed by atoms with Crippen molar-refractivity contribution in [3.8, 4) is 0 Å². The lowest BCUT2D eigenvalue weighted by atomic mass is 9.88. The van der Waals surface area contributed by atoms with E-state index in [4.69, 9.17) is 27.5 Å². The van der Waals surface area contributed by atoms with Gasteiger partial charge in [-0.05, 0) is 55.3 Å². The zero-order chi connectivity index (χ0) is 23.5. The lowest BCUT2D eigenvalue weighted by Gasteiger charge is -2.33. The van der Waals surface area contributed by atoms with Gasteiger partial charge in [-0.25, -0.2) is 9.79 Å². The van der Waals surface area contributed by atoms with Crippen molar-refractivity contribution in [1.29, 1.82) is 5.41 Å². The molecule has 2 aliphatic heterocycles. The number of rotatable bonds is 5. The van der Waals surface area contributed by atoms with Crippen LogP contribution in [0.4, 0.5) is 21.9 Å². The van der Waals surface area contributed by atoms with Gasteiger partial charge >= 0.3 is 6.09 Å². The highest BCUT2D eigenvalue weighted by Crippen LogP contribution is 2.29. The summed E-state index contributed by atoms with van der Waals surface area (Å²) in [5, 5.41) is 8.55. The van der Waals surface area contributed by atoms with Crippen LogP contribution >= 0.6 is 11.6 Å². The Bertz CT molecular complexity index is 1150. The van der Waals surface area contributed by atoms with Gasteiger partial charge in [0.1, 0.15) is 11.4 Å². The maximum atomic E-state index is 13.4. The fraction of sp³-hybridized carbons (Fsp3) is 0.261. The first-order valence-corrected chi connectivity index (χ1v) is 10.8. The van der Waals surface area contributed by atoms with Crippen LogP contribution in [0.2, 0.25) is 5.02 Å². The largest absolute Gasteiger partial charge is 0.449 e. The predicted octanol–water partition coefficient (Wildman–Crippen LogP) is 3.32. The number of carbonyl (C=O) groups is 3. The summed E-state index contributed by atoms with van der Waals surface area (Å²) in [6, 6.07) is 13.6. The first-order chi connectivity index (χ1) is 15.8. The topological polar surface area (TPSA) is 129 Å². The van der Waals surface area contributed by atoms with Gasteiger partial charge in [-0.2, -0.15) is 0 Å². The normalized spacial score (nSPS) is 20.0. The van der Waals surface area contributed by atoms with Crippen molar-refractivity contribution in [3.05, 3.63) is 53.6 Å². The first-order valence-electron chi connectivity index (χ1n) is 10.4. The van der Waals surface area contributed by atoms with Gasteiger partial charge in [0.2, 0.25) is 0 Å². The van der Waals surface area contributed by atoms with Crippen molar-refractivity contribution >= 4 is 58.0 Å². The number of carbonyl (C=O) groups excluding carboxylic acids is 3. The van der Waals surface area contributed by atoms with E-state index in [1.807, 2.05) is 0 Å². The minimum absolute atomic E-state index is 0.0519. The van der Waals surface area contributed by atoms with Crippen LogP contribution in [0.3, 0.4) is 0 Å². The van der Waals surface area contributed by atoms with E-state index in [-0.39, 0.29) is 18.0 Å². The van der Waals surface area contributed by atoms with Crippen LogP contribution in [-0.2, 0) is 14.3 Å². The van der Waals surface area contributed by atoms with Gasteiger partial charge < -0.3 is 15.4 Å². The second-order valence-corrected chi connectivity index (χ2v) is 8.13. The van der Waals surface area contributed by atoms with E-state index >= 15 is 0 Å². The van der Waals surface area contributed by atoms with Crippen molar-refractivity contribution in [2.45, 2.75) is 12.8 Å². The summed E-state index contributed by atoms with van der Waals surface area (Å²) in [6.45, 7) is 1.25. The first kappa shape index (κ1) is 22.5. The quantitative estimate of drug-likeness (QED) is 0.653. The van der Waals surface area contributed by atoms with E-state index in [0.717, 1.165) is 6.42 Å². The molecule has 3 N–H and O–H groups in total. The molecule has 2 saturated heterocycles. The molecule has 10 heteroatoms. The SMILES string of the molecule is N=C(C(N)=O)C1CCN(c2ccc(N3CCCOC3=O)cc2)C(=O)C1=Nc1cccc(Cl)c1. The van der Waals surface area contributed by atoms with Crippen LogP contribution in [0, 0.1) is 11.3 Å². The molecule has 2 heterocycles. The second kappa shape index (κ2) is 9.41. The third kappa shape index (κ3) is 4.73. The van der Waals surface area contributed by atoms with E-state index in [1.165, 1.54) is 4.90 Å². The number of piperidine rings is 1. The zero-order valence-corrected chi connectivity index (χ0v) is 18.4. The standard InChI is InChI=1S/C23H22ClN5O4/c24-14-3-1-4-15(13-14)27-20-18(19(25)21(26)30)9-11-28(22(20)31)16-5-7-17(8-6-16)29-10-2-12-33-23(29)32/h1,3-8,13,18,25H,2,9-12H2,(H2,26,30). The maximum Gasteiger partial charge on any atom is 0.414 e. The molecule has 1 unspecified atom stereocenters. The molecule has 2 aromatic rings. The Morgan fingerprint density at radius 2 is 1.79 bits per heavy atom. The van der Waals surface area contributed by atoms with Crippen LogP contribution in [-0.4, -0.2) is 49.0 Å². The van der Waals surface area contributed by atoms with Crippen LogP contribution in [0.15, 0.2) is 53.5 Å². The molecule has 33 heavy (non-hydrogen) atoms. The molecular weight excluding hydrogens is 446 g/mol. The molecule has 0 spiro atoms. The predicted molar refractivity (Wildman–Crippen MR) is 126 cm³/mol. The fourth-order valence-electron chi connectivity index (χ4n) is 3.89. The summed E-state index contributed by atoms with van der Waals surface area (Å²) in [4.78, 5) is 44.6. The maximum absolute atomic E-state index is 13.4. The number of ether oxygens (including phenoxy) is 1. The summed E-state index contributed by atoms with van der Waals surface area (Å²) in [5.74, 6) is -2.13. The number of nitrogens with one attached hydrogen (secondary N) is 1. The van der Waals surface area contributed by atoms with Gasteiger partial charge in [-0.15, -0.1) is 0 Å². The number of halogens is 1. The third-order valence-electron chi connectivity index (χ3n) is 5.55. The number of hydrogen-bond donors (Lipinski definition) is 2. The molecule has 0 aliphatic carbocycles. The average molecular weight is 468 g/mol. The van der Waals surface area contributed by atoms with Gasteiger partial charge in [-0.3, -0.25) is 19.9 Å². The molecule has 0 bridgehead atoms. The van der Waals surface area contributed by atoms with Crippen molar-refractivity contribution < 1.29 is 19.1 Å². The summed E-state index contributed by atoms with van der Waals surface area (Å²) >= 11 is 6.04. The van der Waals surface area contributed by atoms with Crippen molar-refractivity contribution in [3.63, 3.8) is 0 Å². The molecule has 3 amide bonds. The van der Waals surface area contributed by atoms with Crippen molar-refractivity contribution in [1.82, 2.24) is 0 Å². The molecule has 9 nitrogen and oxygen atoms in total. The highest BCUT2D eigenvalue weighted by Gasteiger charge is 2.37. The lowest BCUT2D eigenvalue weighted by molar-refractivity contribution is -0.113. The Morgan fingerprint density at radius 1 is 1.09 bits per heavy atom. The van der Waals surface area contributed by atoms with Crippen molar-refractivity contribution in [2.24, 2.45) is 16.6 Å². The second-order valence-electron chi connectivity index (χ2n) is 7.69. The Balaban J connectivity index is 1.64. The lowest BCUT2D eigenvalue weighted by Crippen LogP contribution is -2.50. The molecule has 170 valence electrons. The highest BCUT2D eigenvalue weighted by molar-refractivity contribution is 6.54. The third-order valence-corrected chi connectivity index (χ3v) is 5.79. The molecule has 2 aromatic carbocycles. The number of aliphatic imine (C=N–C) groups is 1. The Labute approximate surface area is 195 Å². The number of nitrogens with two attached hydrogens (primary N) is 1. The smallest absolute Gasteiger partial charge is 0.414 e. The Kier molecular flexibility index (Phi) is 6.41. The number of primary amides is 1. The molecule has 4 rings (SSSR count). The minimum atomic E-state index is -0.891. The van der Waals surface area contributed by atoms with Crippen LogP contribution in [0.1, 0.15) is 12.8 Å². The molecule has 2 fully saturated rings. The van der Waals surface area contributed by atoms with E-state index in [0.29, 0.717) is 41.7 Å². The molecular formula is C23H22ClN5O4. The Hall–Kier alpha value is -3.72. The van der Waals surface area contributed by atoms with Gasteiger partial charge in [-0.1, -0.05) is 17.7 Å². The monoisotopic (exact) mass is 467 g/mol. The van der Waals surface area contributed by atoms with E-state index in [9.17, 15) is 14.4 Å². The molecule has 0 aromatic heterocycles. The summed E-state index contributed by atoms with van der Waals surface area (Å²) in [7, 11) is 0. The average Bonchev–Trinajstić information content (AvgIpc) is 2.80. The van der Waals surface area contributed by atoms with Crippen LogP contribution < -0.4 is 15.5 Å². The minimum Gasteiger partial charge on any atom is -0.449 e. The van der Waals surface area contributed by atoms with E-state index in [2.05, 4.69) is 4.99 Å². The van der Waals surface area contributed by atoms with Gasteiger partial charge in [0.25, 0.3) is 11.8 Å². The summed E-state index contributed by atoms with van der Waals surface area (Å²) < 4.78 is 5.08. The number of amides is 3. The Morgan fingerprint density at radius 3 is 2.42 bits per heavy atom. The van der Waals surface area contributed by atoms with Gasteiger partial charge in [0.15, 0.2) is 0 Å². The van der Waals surface area contributed by atoms with Gasteiger partial charge in [0.05, 0.1) is 18.2 Å².